The fourth-order valence-corrected chi connectivity index (χ4v) is 3.10. The van der Waals surface area contributed by atoms with Gasteiger partial charge < -0.3 is 11.1 Å². The molecule has 1 aromatic heterocycles. The summed E-state index contributed by atoms with van der Waals surface area (Å²) in [5.41, 5.74) is 7.10. The van der Waals surface area contributed by atoms with Crippen molar-refractivity contribution in [2.75, 3.05) is 25.0 Å². The van der Waals surface area contributed by atoms with Gasteiger partial charge in [0, 0.05) is 24.5 Å². The van der Waals surface area contributed by atoms with Crippen LogP contribution in [0.15, 0.2) is 5.38 Å². The van der Waals surface area contributed by atoms with Crippen LogP contribution in [0.2, 0.25) is 0 Å². The van der Waals surface area contributed by atoms with E-state index in [1.165, 1.54) is 11.3 Å². The second-order valence-electron chi connectivity index (χ2n) is 5.94. The molecule has 1 saturated heterocycles. The third kappa shape index (κ3) is 3.75. The van der Waals surface area contributed by atoms with E-state index in [2.05, 4.69) is 29.0 Å². The summed E-state index contributed by atoms with van der Waals surface area (Å²) in [4.78, 5) is 18.4. The lowest BCUT2D eigenvalue weighted by Crippen LogP contribution is -2.53. The van der Waals surface area contributed by atoms with Crippen molar-refractivity contribution in [3.8, 4) is 0 Å². The minimum absolute atomic E-state index is 0.000575. The SMILES string of the molecule is Cc1csc(NC(=O)CN2CCC(N)C(C)(C)C2)n1. The lowest BCUT2D eigenvalue weighted by atomic mass is 9.80. The zero-order chi connectivity index (χ0) is 14.0. The van der Waals surface area contributed by atoms with Crippen LogP contribution >= 0.6 is 11.3 Å². The van der Waals surface area contributed by atoms with Crippen LogP contribution in [0.25, 0.3) is 0 Å². The molecule has 3 N–H and O–H groups in total. The Balaban J connectivity index is 1.86. The van der Waals surface area contributed by atoms with E-state index in [9.17, 15) is 4.79 Å². The number of piperidine rings is 1. The smallest absolute Gasteiger partial charge is 0.240 e. The van der Waals surface area contributed by atoms with Gasteiger partial charge >= 0.3 is 0 Å². The van der Waals surface area contributed by atoms with E-state index < -0.39 is 0 Å². The first kappa shape index (κ1) is 14.4. The van der Waals surface area contributed by atoms with Crippen molar-refractivity contribution >= 4 is 22.4 Å². The van der Waals surface area contributed by atoms with E-state index in [1.54, 1.807) is 0 Å². The number of aryl methyl sites for hydroxylation is 1. The van der Waals surface area contributed by atoms with Gasteiger partial charge in [-0.05, 0) is 18.8 Å². The van der Waals surface area contributed by atoms with Crippen molar-refractivity contribution in [3.63, 3.8) is 0 Å². The summed E-state index contributed by atoms with van der Waals surface area (Å²) in [7, 11) is 0. The number of thiazole rings is 1. The number of carbonyl (C=O) groups is 1. The number of hydrogen-bond acceptors (Lipinski definition) is 5. The number of amides is 1. The highest BCUT2D eigenvalue weighted by Crippen LogP contribution is 2.27. The molecule has 1 fully saturated rings. The number of nitrogens with zero attached hydrogens (tertiary/aromatic N) is 2. The average Bonchev–Trinajstić information content (AvgIpc) is 2.69. The third-order valence-corrected chi connectivity index (χ3v) is 4.50. The molecule has 1 aliphatic heterocycles. The zero-order valence-electron chi connectivity index (χ0n) is 11.8. The summed E-state index contributed by atoms with van der Waals surface area (Å²) in [6.07, 6.45) is 0.941. The zero-order valence-corrected chi connectivity index (χ0v) is 12.6. The Morgan fingerprint density at radius 2 is 2.42 bits per heavy atom. The summed E-state index contributed by atoms with van der Waals surface area (Å²) < 4.78 is 0. The molecule has 0 saturated carbocycles. The van der Waals surface area contributed by atoms with Gasteiger partial charge in [-0.3, -0.25) is 9.69 Å². The van der Waals surface area contributed by atoms with Gasteiger partial charge in [0.05, 0.1) is 12.2 Å². The van der Waals surface area contributed by atoms with Crippen molar-refractivity contribution in [3.05, 3.63) is 11.1 Å². The molecule has 0 aliphatic carbocycles. The Labute approximate surface area is 118 Å². The topological polar surface area (TPSA) is 71.2 Å². The Hall–Kier alpha value is -0.980. The number of hydrogen-bond donors (Lipinski definition) is 2. The van der Waals surface area contributed by atoms with Crippen LogP contribution in [-0.4, -0.2) is 41.5 Å². The molecule has 0 aromatic carbocycles. The van der Waals surface area contributed by atoms with Crippen molar-refractivity contribution in [1.29, 1.82) is 0 Å². The predicted molar refractivity (Wildman–Crippen MR) is 78.3 cm³/mol. The van der Waals surface area contributed by atoms with E-state index in [0.29, 0.717) is 11.7 Å². The molecule has 6 heteroatoms. The van der Waals surface area contributed by atoms with Crippen LogP contribution < -0.4 is 11.1 Å². The van der Waals surface area contributed by atoms with Crippen molar-refractivity contribution in [2.24, 2.45) is 11.1 Å². The van der Waals surface area contributed by atoms with Gasteiger partial charge in [0.2, 0.25) is 5.91 Å². The maximum Gasteiger partial charge on any atom is 0.240 e. The molecule has 106 valence electrons. The standard InChI is InChI=1S/C13H22N4OS/c1-9-7-19-12(15-9)16-11(18)6-17-5-4-10(14)13(2,3)8-17/h7,10H,4-6,8,14H2,1-3H3,(H,15,16,18). The van der Waals surface area contributed by atoms with Gasteiger partial charge in [0.25, 0.3) is 0 Å². The van der Waals surface area contributed by atoms with Gasteiger partial charge in [-0.25, -0.2) is 4.98 Å². The molecule has 2 rings (SSSR count). The Kier molecular flexibility index (Phi) is 4.23. The molecule has 0 radical (unpaired) electrons. The first-order valence-corrected chi connectivity index (χ1v) is 7.45. The lowest BCUT2D eigenvalue weighted by molar-refractivity contribution is -0.118. The van der Waals surface area contributed by atoms with Crippen LogP contribution in [0.5, 0.6) is 0 Å². The molecule has 2 heterocycles. The molecule has 0 spiro atoms. The number of nitrogens with one attached hydrogen (secondary N) is 1. The maximum absolute atomic E-state index is 12.0. The molecular weight excluding hydrogens is 260 g/mol. The molecule has 5 nitrogen and oxygen atoms in total. The highest BCUT2D eigenvalue weighted by molar-refractivity contribution is 7.13. The predicted octanol–water partition coefficient (Wildman–Crippen LogP) is 1.45. The molecule has 0 bridgehead atoms. The molecule has 1 aromatic rings. The van der Waals surface area contributed by atoms with Crippen molar-refractivity contribution in [2.45, 2.75) is 33.2 Å². The van der Waals surface area contributed by atoms with Crippen LogP contribution in [0.1, 0.15) is 26.0 Å². The molecule has 19 heavy (non-hydrogen) atoms. The summed E-state index contributed by atoms with van der Waals surface area (Å²) in [6.45, 7) is 8.39. The molecule has 1 unspecified atom stereocenters. The minimum Gasteiger partial charge on any atom is -0.327 e. The highest BCUT2D eigenvalue weighted by Gasteiger charge is 2.33. The van der Waals surface area contributed by atoms with Crippen LogP contribution in [-0.2, 0) is 4.79 Å². The van der Waals surface area contributed by atoms with Gasteiger partial charge in [0.1, 0.15) is 0 Å². The second kappa shape index (κ2) is 5.56. The Morgan fingerprint density at radius 3 is 3.00 bits per heavy atom. The van der Waals surface area contributed by atoms with Crippen LogP contribution in [0, 0.1) is 12.3 Å². The quantitative estimate of drug-likeness (QED) is 0.880. The van der Waals surface area contributed by atoms with Crippen molar-refractivity contribution < 1.29 is 4.79 Å². The van der Waals surface area contributed by atoms with Crippen LogP contribution in [0.4, 0.5) is 5.13 Å². The van der Waals surface area contributed by atoms with E-state index in [-0.39, 0.29) is 17.4 Å². The lowest BCUT2D eigenvalue weighted by Gasteiger charge is -2.42. The molecule has 1 amide bonds. The number of aromatic nitrogens is 1. The van der Waals surface area contributed by atoms with E-state index in [4.69, 9.17) is 5.73 Å². The molecule has 1 atom stereocenters. The van der Waals surface area contributed by atoms with E-state index >= 15 is 0 Å². The number of anilines is 1. The first-order valence-electron chi connectivity index (χ1n) is 6.57. The summed E-state index contributed by atoms with van der Waals surface area (Å²) in [6, 6.07) is 0.216. The normalized spacial score (nSPS) is 23.3. The third-order valence-electron chi connectivity index (χ3n) is 3.62. The van der Waals surface area contributed by atoms with Gasteiger partial charge in [-0.15, -0.1) is 11.3 Å². The first-order chi connectivity index (χ1) is 8.87. The van der Waals surface area contributed by atoms with Crippen LogP contribution in [0.3, 0.4) is 0 Å². The number of nitrogens with two attached hydrogens (primary N) is 1. The second-order valence-corrected chi connectivity index (χ2v) is 6.79. The summed E-state index contributed by atoms with van der Waals surface area (Å²) in [5.74, 6) is 0.000575. The van der Waals surface area contributed by atoms with Gasteiger partial charge in [-0.1, -0.05) is 13.8 Å². The Bertz CT molecular complexity index is 457. The fourth-order valence-electron chi connectivity index (χ4n) is 2.39. The highest BCUT2D eigenvalue weighted by atomic mass is 32.1. The van der Waals surface area contributed by atoms with Gasteiger partial charge in [-0.2, -0.15) is 0 Å². The van der Waals surface area contributed by atoms with Crippen molar-refractivity contribution in [1.82, 2.24) is 9.88 Å². The monoisotopic (exact) mass is 282 g/mol. The largest absolute Gasteiger partial charge is 0.327 e. The molecule has 1 aliphatic rings. The van der Waals surface area contributed by atoms with E-state index in [1.807, 2.05) is 12.3 Å². The summed E-state index contributed by atoms with van der Waals surface area (Å²) in [5, 5.41) is 5.45. The van der Waals surface area contributed by atoms with Gasteiger partial charge in [0.15, 0.2) is 5.13 Å². The Morgan fingerprint density at radius 1 is 1.68 bits per heavy atom. The van der Waals surface area contributed by atoms with E-state index in [0.717, 1.165) is 25.2 Å². The fraction of sp³-hybridized carbons (Fsp3) is 0.692. The average molecular weight is 282 g/mol. The minimum atomic E-state index is 0.000575. The maximum atomic E-state index is 12.0. The summed E-state index contributed by atoms with van der Waals surface area (Å²) >= 11 is 1.46. The number of rotatable bonds is 3. The number of likely N-dealkylation sites (tertiary alicyclic amines) is 1. The molecular formula is C13H22N4OS. The number of carbonyl (C=O) groups excluding carboxylic acids is 1.